The van der Waals surface area contributed by atoms with Gasteiger partial charge in [0.05, 0.1) is 0 Å². The maximum absolute atomic E-state index is 5.37. The van der Waals surface area contributed by atoms with E-state index in [0.717, 1.165) is 9.79 Å². The molecule has 0 fully saturated rings. The van der Waals surface area contributed by atoms with E-state index in [4.69, 9.17) is 3.63 Å². The summed E-state index contributed by atoms with van der Waals surface area (Å²) in [4.78, 5) is 2.32. The quantitative estimate of drug-likeness (QED) is 0.733. The molecule has 13 heavy (non-hydrogen) atoms. The van der Waals surface area contributed by atoms with Gasteiger partial charge in [-0.1, -0.05) is 0 Å². The van der Waals surface area contributed by atoms with Crippen LogP contribution in [0.2, 0.25) is 0 Å². The minimum absolute atomic E-state index is 1.16. The van der Waals surface area contributed by atoms with Crippen LogP contribution < -0.4 is 0 Å². The van der Waals surface area contributed by atoms with E-state index in [2.05, 4.69) is 10.8 Å². The SMILES string of the molecule is c1cc(SOSc2ccsc2)cs1. The van der Waals surface area contributed by atoms with Crippen molar-refractivity contribution >= 4 is 46.8 Å². The van der Waals surface area contributed by atoms with Crippen LogP contribution in [0.25, 0.3) is 0 Å². The summed E-state index contributed by atoms with van der Waals surface area (Å²) in [6.07, 6.45) is 0. The molecule has 0 saturated heterocycles. The van der Waals surface area contributed by atoms with Crippen LogP contribution in [0.5, 0.6) is 0 Å². The first-order valence-electron chi connectivity index (χ1n) is 3.51. The molecule has 0 spiro atoms. The van der Waals surface area contributed by atoms with Gasteiger partial charge in [0.25, 0.3) is 0 Å². The van der Waals surface area contributed by atoms with E-state index in [1.807, 2.05) is 22.9 Å². The summed E-state index contributed by atoms with van der Waals surface area (Å²) in [5, 5.41) is 8.22. The second kappa shape index (κ2) is 5.07. The van der Waals surface area contributed by atoms with E-state index in [-0.39, 0.29) is 0 Å². The van der Waals surface area contributed by atoms with Crippen molar-refractivity contribution in [3.05, 3.63) is 33.7 Å². The normalized spacial score (nSPS) is 10.5. The van der Waals surface area contributed by atoms with Crippen LogP contribution in [0.3, 0.4) is 0 Å². The molecule has 0 unspecified atom stereocenters. The fourth-order valence-corrected chi connectivity index (χ4v) is 3.56. The van der Waals surface area contributed by atoms with E-state index in [0.29, 0.717) is 0 Å². The maximum atomic E-state index is 5.37. The molecule has 2 aromatic heterocycles. The van der Waals surface area contributed by atoms with Crippen molar-refractivity contribution < 1.29 is 3.63 Å². The molecule has 0 aliphatic carbocycles. The summed E-state index contributed by atoms with van der Waals surface area (Å²) in [6.45, 7) is 0. The third-order valence-corrected chi connectivity index (χ3v) is 4.35. The average molecular weight is 246 g/mol. The van der Waals surface area contributed by atoms with Crippen LogP contribution in [-0.2, 0) is 3.63 Å². The van der Waals surface area contributed by atoms with Gasteiger partial charge in [0.1, 0.15) is 0 Å². The Bertz CT molecular complexity index is 293. The Morgan fingerprint density at radius 1 is 0.923 bits per heavy atom. The molecular weight excluding hydrogens is 240 g/mol. The standard InChI is InChI=1S/C8H6OS4/c1-3-10-5-7(1)12-9-13-8-2-4-11-6-8/h1-6H. The molecular formula is C8H6OS4. The Labute approximate surface area is 93.5 Å². The average Bonchev–Trinajstić information content (AvgIpc) is 2.75. The lowest BCUT2D eigenvalue weighted by Gasteiger charge is -1.95. The molecule has 2 rings (SSSR count). The van der Waals surface area contributed by atoms with E-state index in [9.17, 15) is 0 Å². The predicted octanol–water partition coefficient (Wildman–Crippen LogP) is 4.54. The summed E-state index contributed by atoms with van der Waals surface area (Å²) in [6, 6.07) is 4.09. The van der Waals surface area contributed by atoms with Gasteiger partial charge in [-0.15, -0.1) is 0 Å². The molecule has 68 valence electrons. The molecule has 2 aromatic rings. The largest absolute Gasteiger partial charge is 0.237 e. The van der Waals surface area contributed by atoms with Crippen LogP contribution in [0.4, 0.5) is 0 Å². The predicted molar refractivity (Wildman–Crippen MR) is 61.4 cm³/mol. The number of hydrogen-bond acceptors (Lipinski definition) is 5. The van der Waals surface area contributed by atoms with Crippen molar-refractivity contribution in [3.8, 4) is 0 Å². The Balaban J connectivity index is 1.76. The molecule has 0 saturated carbocycles. The molecule has 0 aliphatic heterocycles. The van der Waals surface area contributed by atoms with Gasteiger partial charge < -0.3 is 0 Å². The fraction of sp³-hybridized carbons (Fsp3) is 0. The fourth-order valence-electron chi connectivity index (χ4n) is 0.694. The van der Waals surface area contributed by atoms with Crippen molar-refractivity contribution in [2.45, 2.75) is 9.79 Å². The highest BCUT2D eigenvalue weighted by molar-refractivity contribution is 8.08. The molecule has 0 radical (unpaired) electrons. The van der Waals surface area contributed by atoms with Crippen LogP contribution in [-0.4, -0.2) is 0 Å². The zero-order valence-corrected chi connectivity index (χ0v) is 9.77. The van der Waals surface area contributed by atoms with E-state index in [1.165, 1.54) is 24.1 Å². The number of hydrogen-bond donors (Lipinski definition) is 0. The lowest BCUT2D eigenvalue weighted by atomic mass is 10.7. The summed E-state index contributed by atoms with van der Waals surface area (Å²) >= 11 is 6.17. The molecule has 0 atom stereocenters. The summed E-state index contributed by atoms with van der Waals surface area (Å²) in [5.41, 5.74) is 0. The second-order valence-corrected chi connectivity index (χ2v) is 5.53. The van der Waals surface area contributed by atoms with Crippen LogP contribution >= 0.6 is 46.8 Å². The molecule has 0 bridgehead atoms. The Morgan fingerprint density at radius 2 is 1.46 bits per heavy atom. The van der Waals surface area contributed by atoms with Gasteiger partial charge in [0.15, 0.2) is 0 Å². The van der Waals surface area contributed by atoms with E-state index in [1.54, 1.807) is 22.7 Å². The molecule has 2 heterocycles. The third kappa shape index (κ3) is 3.03. The van der Waals surface area contributed by atoms with Gasteiger partial charge in [-0.2, -0.15) is 22.7 Å². The van der Waals surface area contributed by atoms with Crippen LogP contribution in [0, 0.1) is 0 Å². The van der Waals surface area contributed by atoms with E-state index < -0.39 is 0 Å². The second-order valence-electron chi connectivity index (χ2n) is 2.15. The first kappa shape index (κ1) is 9.61. The van der Waals surface area contributed by atoms with Crippen molar-refractivity contribution in [3.63, 3.8) is 0 Å². The monoisotopic (exact) mass is 246 g/mol. The topological polar surface area (TPSA) is 9.23 Å². The van der Waals surface area contributed by atoms with Gasteiger partial charge in [-0.25, -0.2) is 3.63 Å². The van der Waals surface area contributed by atoms with Crippen molar-refractivity contribution in [1.29, 1.82) is 0 Å². The first-order chi connectivity index (χ1) is 6.45. The molecule has 0 N–H and O–H groups in total. The molecule has 1 nitrogen and oxygen atoms in total. The van der Waals surface area contributed by atoms with Crippen molar-refractivity contribution in [2.24, 2.45) is 0 Å². The van der Waals surface area contributed by atoms with Gasteiger partial charge in [0.2, 0.25) is 0 Å². The lowest BCUT2D eigenvalue weighted by Crippen LogP contribution is -1.64. The summed E-state index contributed by atoms with van der Waals surface area (Å²) in [5.74, 6) is 0. The maximum Gasteiger partial charge on any atom is 0.0473 e. The zero-order chi connectivity index (χ0) is 8.93. The van der Waals surface area contributed by atoms with Gasteiger partial charge >= 0.3 is 0 Å². The van der Waals surface area contributed by atoms with Gasteiger partial charge in [0, 0.05) is 44.6 Å². The number of rotatable bonds is 4. The van der Waals surface area contributed by atoms with Gasteiger partial charge in [-0.05, 0) is 22.9 Å². The van der Waals surface area contributed by atoms with Gasteiger partial charge in [-0.3, -0.25) is 0 Å². The number of thiophene rings is 2. The van der Waals surface area contributed by atoms with Crippen molar-refractivity contribution in [1.82, 2.24) is 0 Å². The third-order valence-electron chi connectivity index (χ3n) is 1.25. The zero-order valence-electron chi connectivity index (χ0n) is 6.51. The highest BCUT2D eigenvalue weighted by Crippen LogP contribution is 2.31. The molecule has 5 heteroatoms. The first-order valence-corrected chi connectivity index (χ1v) is 6.87. The lowest BCUT2D eigenvalue weighted by molar-refractivity contribution is 0.758. The van der Waals surface area contributed by atoms with E-state index >= 15 is 0 Å². The van der Waals surface area contributed by atoms with Crippen molar-refractivity contribution in [2.75, 3.05) is 0 Å². The highest BCUT2D eigenvalue weighted by Gasteiger charge is 1.97. The highest BCUT2D eigenvalue weighted by atomic mass is 32.2. The summed E-state index contributed by atoms with van der Waals surface area (Å²) < 4.78 is 5.37. The molecule has 0 aromatic carbocycles. The minimum Gasteiger partial charge on any atom is -0.237 e. The molecule has 0 aliphatic rings. The Kier molecular flexibility index (Phi) is 3.75. The minimum atomic E-state index is 1.16. The Hall–Kier alpha value is 0.0600. The molecule has 0 amide bonds. The van der Waals surface area contributed by atoms with Crippen LogP contribution in [0.1, 0.15) is 0 Å². The smallest absolute Gasteiger partial charge is 0.0473 e. The Morgan fingerprint density at radius 3 is 1.85 bits per heavy atom. The van der Waals surface area contributed by atoms with Crippen LogP contribution in [0.15, 0.2) is 43.4 Å². The summed E-state index contributed by atoms with van der Waals surface area (Å²) in [7, 11) is 0.